The molecule has 0 atom stereocenters. The molecule has 2 heterocycles. The molecule has 0 aliphatic heterocycles. The fourth-order valence-electron chi connectivity index (χ4n) is 2.70. The van der Waals surface area contributed by atoms with Gasteiger partial charge in [-0.25, -0.2) is 9.97 Å². The number of nitrogens with one attached hydrogen (secondary N) is 1. The Morgan fingerprint density at radius 1 is 1.19 bits per heavy atom. The molecule has 4 rings (SSSR count). The van der Waals surface area contributed by atoms with Gasteiger partial charge in [0.25, 0.3) is 0 Å². The predicted molar refractivity (Wildman–Crippen MR) is 93.6 cm³/mol. The molecule has 1 aromatic carbocycles. The van der Waals surface area contributed by atoms with Crippen molar-refractivity contribution in [2.24, 2.45) is 5.73 Å². The fraction of sp³-hybridized carbons (Fsp3) is 0.222. The zero-order chi connectivity index (χ0) is 17.9. The molecule has 3 aromatic rings. The minimum atomic E-state index is 0.139. The molecule has 130 valence electrons. The van der Waals surface area contributed by atoms with Crippen molar-refractivity contribution < 1.29 is 9.26 Å². The Morgan fingerprint density at radius 2 is 2.04 bits per heavy atom. The number of aromatic nitrogens is 3. The summed E-state index contributed by atoms with van der Waals surface area (Å²) in [6.45, 7) is 0. The first kappa shape index (κ1) is 16.1. The smallest absolute Gasteiger partial charge is 0.175 e. The topological polar surface area (TPSA) is 123 Å². The van der Waals surface area contributed by atoms with E-state index in [4.69, 9.17) is 20.3 Å². The van der Waals surface area contributed by atoms with Crippen LogP contribution in [0.5, 0.6) is 5.75 Å². The number of benzene rings is 1. The van der Waals surface area contributed by atoms with Gasteiger partial charge in [0.1, 0.15) is 23.7 Å². The number of para-hydroxylation sites is 1. The van der Waals surface area contributed by atoms with Crippen LogP contribution in [0.3, 0.4) is 0 Å². The molecule has 1 fully saturated rings. The summed E-state index contributed by atoms with van der Waals surface area (Å²) in [4.78, 5) is 8.05. The lowest BCUT2D eigenvalue weighted by atomic mass is 9.90. The van der Waals surface area contributed by atoms with E-state index >= 15 is 0 Å². The summed E-state index contributed by atoms with van der Waals surface area (Å²) in [6, 6.07) is 11.6. The van der Waals surface area contributed by atoms with Gasteiger partial charge >= 0.3 is 0 Å². The van der Waals surface area contributed by atoms with E-state index < -0.39 is 0 Å². The number of rotatable bonds is 5. The maximum Gasteiger partial charge on any atom is 0.175 e. The van der Waals surface area contributed by atoms with Gasteiger partial charge in [0.15, 0.2) is 17.3 Å². The van der Waals surface area contributed by atoms with Crippen molar-refractivity contribution >= 4 is 11.6 Å². The van der Waals surface area contributed by atoms with Crippen LogP contribution in [0, 0.1) is 11.3 Å². The summed E-state index contributed by atoms with van der Waals surface area (Å²) >= 11 is 0. The van der Waals surface area contributed by atoms with Crippen molar-refractivity contribution in [2.45, 2.75) is 25.0 Å². The number of nitrogens with zero attached hydrogens (tertiary/aromatic N) is 4. The number of nitrogens with two attached hydrogens (primary N) is 1. The molecule has 2 aromatic heterocycles. The van der Waals surface area contributed by atoms with Crippen molar-refractivity contribution in [3.8, 4) is 23.1 Å². The van der Waals surface area contributed by atoms with Crippen molar-refractivity contribution in [2.75, 3.05) is 5.32 Å². The van der Waals surface area contributed by atoms with Crippen LogP contribution in [0.1, 0.15) is 18.5 Å². The summed E-state index contributed by atoms with van der Waals surface area (Å²) in [5.74, 6) is 2.27. The van der Waals surface area contributed by atoms with Gasteiger partial charge in [-0.05, 0) is 25.0 Å². The van der Waals surface area contributed by atoms with Gasteiger partial charge in [-0.15, -0.1) is 0 Å². The molecule has 3 N–H and O–H groups in total. The summed E-state index contributed by atoms with van der Waals surface area (Å²) in [5.41, 5.74) is 6.89. The van der Waals surface area contributed by atoms with Crippen molar-refractivity contribution in [1.29, 1.82) is 5.26 Å². The molecular weight excluding hydrogens is 332 g/mol. The lowest BCUT2D eigenvalue weighted by Gasteiger charge is -2.33. The highest BCUT2D eigenvalue weighted by Crippen LogP contribution is 2.34. The fourth-order valence-corrected chi connectivity index (χ4v) is 2.70. The molecule has 0 spiro atoms. The SMILES string of the molecule is N#Cc1cnc(Nc2cc(-c3ccccc3OC3CC(N)C3)on2)cn1. The van der Waals surface area contributed by atoms with Gasteiger partial charge in [-0.2, -0.15) is 5.26 Å². The third-order valence-electron chi connectivity index (χ3n) is 4.11. The van der Waals surface area contributed by atoms with E-state index in [1.165, 1.54) is 12.4 Å². The minimum absolute atomic E-state index is 0.139. The van der Waals surface area contributed by atoms with Crippen LogP contribution < -0.4 is 15.8 Å². The average Bonchev–Trinajstić information content (AvgIpc) is 3.10. The second-order valence-corrected chi connectivity index (χ2v) is 6.07. The first-order chi connectivity index (χ1) is 12.7. The Labute approximate surface area is 149 Å². The molecule has 0 amide bonds. The summed E-state index contributed by atoms with van der Waals surface area (Å²) < 4.78 is 11.5. The Kier molecular flexibility index (Phi) is 4.21. The van der Waals surface area contributed by atoms with Crippen LogP contribution in [0.25, 0.3) is 11.3 Å². The Bertz CT molecular complexity index is 941. The second kappa shape index (κ2) is 6.82. The molecule has 8 nitrogen and oxygen atoms in total. The van der Waals surface area contributed by atoms with Crippen molar-refractivity contribution in [3.05, 3.63) is 48.4 Å². The lowest BCUT2D eigenvalue weighted by molar-refractivity contribution is 0.101. The first-order valence-electron chi connectivity index (χ1n) is 8.19. The molecule has 0 saturated heterocycles. The maximum absolute atomic E-state index is 8.75. The number of hydrogen-bond acceptors (Lipinski definition) is 8. The number of nitriles is 1. The van der Waals surface area contributed by atoms with Crippen LogP contribution in [-0.4, -0.2) is 27.3 Å². The standard InChI is InChI=1S/C18H16N6O2/c19-8-12-9-22-18(10-21-12)23-17-7-16(26-24-17)14-3-1-2-4-15(14)25-13-5-11(20)6-13/h1-4,7,9-11,13H,5-6,20H2,(H,22,23,24). The summed E-state index contributed by atoms with van der Waals surface area (Å²) in [5, 5.41) is 15.7. The van der Waals surface area contributed by atoms with Crippen molar-refractivity contribution in [3.63, 3.8) is 0 Å². The summed E-state index contributed by atoms with van der Waals surface area (Å²) in [6.07, 6.45) is 4.70. The monoisotopic (exact) mass is 348 g/mol. The minimum Gasteiger partial charge on any atom is -0.490 e. The molecule has 0 radical (unpaired) electrons. The van der Waals surface area contributed by atoms with E-state index in [2.05, 4.69) is 20.4 Å². The predicted octanol–water partition coefficient (Wildman–Crippen LogP) is 2.62. The van der Waals surface area contributed by atoms with E-state index in [0.717, 1.165) is 24.2 Å². The van der Waals surface area contributed by atoms with Crippen LogP contribution in [0.2, 0.25) is 0 Å². The van der Waals surface area contributed by atoms with E-state index in [-0.39, 0.29) is 17.8 Å². The van der Waals surface area contributed by atoms with E-state index in [1.54, 1.807) is 6.07 Å². The lowest BCUT2D eigenvalue weighted by Crippen LogP contribution is -2.43. The zero-order valence-electron chi connectivity index (χ0n) is 13.8. The second-order valence-electron chi connectivity index (χ2n) is 6.07. The van der Waals surface area contributed by atoms with Gasteiger partial charge in [0.05, 0.1) is 18.0 Å². The third-order valence-corrected chi connectivity index (χ3v) is 4.11. The van der Waals surface area contributed by atoms with Gasteiger partial charge in [0.2, 0.25) is 0 Å². The summed E-state index contributed by atoms with van der Waals surface area (Å²) in [7, 11) is 0. The average molecular weight is 348 g/mol. The van der Waals surface area contributed by atoms with E-state index in [0.29, 0.717) is 17.4 Å². The molecule has 0 unspecified atom stereocenters. The first-order valence-corrected chi connectivity index (χ1v) is 8.19. The molecule has 26 heavy (non-hydrogen) atoms. The van der Waals surface area contributed by atoms with Gasteiger partial charge < -0.3 is 20.3 Å². The van der Waals surface area contributed by atoms with Crippen LogP contribution in [0.4, 0.5) is 11.6 Å². The Hall–Kier alpha value is -3.44. The van der Waals surface area contributed by atoms with Crippen LogP contribution in [-0.2, 0) is 0 Å². The molecular formula is C18H16N6O2. The molecule has 1 aliphatic carbocycles. The highest BCUT2D eigenvalue weighted by molar-refractivity contribution is 5.68. The third kappa shape index (κ3) is 3.34. The normalized spacial score (nSPS) is 18.6. The zero-order valence-corrected chi connectivity index (χ0v) is 13.8. The molecule has 8 heteroatoms. The maximum atomic E-state index is 8.75. The highest BCUT2D eigenvalue weighted by Gasteiger charge is 2.28. The number of ether oxygens (including phenoxy) is 1. The van der Waals surface area contributed by atoms with Gasteiger partial charge in [-0.1, -0.05) is 17.3 Å². The molecule has 1 saturated carbocycles. The highest BCUT2D eigenvalue weighted by atomic mass is 16.5. The number of anilines is 2. The Balaban J connectivity index is 1.51. The van der Waals surface area contributed by atoms with E-state index in [9.17, 15) is 0 Å². The van der Waals surface area contributed by atoms with Gasteiger partial charge in [-0.3, -0.25) is 0 Å². The number of hydrogen-bond donors (Lipinski definition) is 2. The molecule has 1 aliphatic rings. The van der Waals surface area contributed by atoms with Gasteiger partial charge in [0, 0.05) is 12.1 Å². The van der Waals surface area contributed by atoms with E-state index in [1.807, 2.05) is 30.3 Å². The largest absolute Gasteiger partial charge is 0.490 e. The quantitative estimate of drug-likeness (QED) is 0.721. The Morgan fingerprint density at radius 3 is 2.77 bits per heavy atom. The van der Waals surface area contributed by atoms with Crippen LogP contribution in [0.15, 0.2) is 47.2 Å². The van der Waals surface area contributed by atoms with Crippen LogP contribution >= 0.6 is 0 Å². The van der Waals surface area contributed by atoms with Crippen molar-refractivity contribution in [1.82, 2.24) is 15.1 Å². The molecule has 0 bridgehead atoms.